The SMILES string of the molecule is COc1ccc(OC)c(CN[C@H]2CCN(C(C)C)C2)c1. The van der Waals surface area contributed by atoms with Gasteiger partial charge in [-0.1, -0.05) is 0 Å². The van der Waals surface area contributed by atoms with Crippen LogP contribution in [0.2, 0.25) is 0 Å². The lowest BCUT2D eigenvalue weighted by Crippen LogP contribution is -2.34. The first-order chi connectivity index (χ1) is 9.63. The number of likely N-dealkylation sites (tertiary alicyclic amines) is 1. The van der Waals surface area contributed by atoms with Gasteiger partial charge in [-0.3, -0.25) is 4.90 Å². The van der Waals surface area contributed by atoms with Crippen LogP contribution in [0, 0.1) is 0 Å². The van der Waals surface area contributed by atoms with Crippen molar-refractivity contribution in [3.63, 3.8) is 0 Å². The van der Waals surface area contributed by atoms with Crippen molar-refractivity contribution in [2.45, 2.75) is 38.9 Å². The third-order valence-electron chi connectivity index (χ3n) is 4.02. The Morgan fingerprint density at radius 1 is 1.30 bits per heavy atom. The van der Waals surface area contributed by atoms with E-state index in [-0.39, 0.29) is 0 Å². The molecule has 0 spiro atoms. The zero-order chi connectivity index (χ0) is 14.5. The van der Waals surface area contributed by atoms with Crippen LogP contribution in [0.15, 0.2) is 18.2 Å². The van der Waals surface area contributed by atoms with E-state index in [2.05, 4.69) is 24.1 Å². The Labute approximate surface area is 122 Å². The third kappa shape index (κ3) is 3.64. The van der Waals surface area contributed by atoms with E-state index in [0.717, 1.165) is 30.2 Å². The zero-order valence-corrected chi connectivity index (χ0v) is 13.0. The summed E-state index contributed by atoms with van der Waals surface area (Å²) in [6.45, 7) is 7.65. The van der Waals surface area contributed by atoms with Crippen LogP contribution in [0.3, 0.4) is 0 Å². The van der Waals surface area contributed by atoms with Gasteiger partial charge in [0.05, 0.1) is 14.2 Å². The molecule has 1 N–H and O–H groups in total. The Morgan fingerprint density at radius 2 is 2.10 bits per heavy atom. The van der Waals surface area contributed by atoms with E-state index in [4.69, 9.17) is 9.47 Å². The summed E-state index contributed by atoms with van der Waals surface area (Å²) in [6.07, 6.45) is 1.21. The molecule has 1 aliphatic rings. The fourth-order valence-electron chi connectivity index (χ4n) is 2.70. The fourth-order valence-corrected chi connectivity index (χ4v) is 2.70. The molecule has 0 aromatic heterocycles. The van der Waals surface area contributed by atoms with E-state index in [0.29, 0.717) is 12.1 Å². The van der Waals surface area contributed by atoms with Crippen molar-refractivity contribution in [1.82, 2.24) is 10.2 Å². The van der Waals surface area contributed by atoms with Gasteiger partial charge in [0.1, 0.15) is 11.5 Å². The van der Waals surface area contributed by atoms with E-state index < -0.39 is 0 Å². The van der Waals surface area contributed by atoms with Crippen molar-refractivity contribution < 1.29 is 9.47 Å². The van der Waals surface area contributed by atoms with Crippen LogP contribution >= 0.6 is 0 Å². The number of nitrogens with zero attached hydrogens (tertiary/aromatic N) is 1. The van der Waals surface area contributed by atoms with Crippen molar-refractivity contribution >= 4 is 0 Å². The summed E-state index contributed by atoms with van der Waals surface area (Å²) in [5.41, 5.74) is 1.15. The van der Waals surface area contributed by atoms with Crippen molar-refractivity contribution in [2.24, 2.45) is 0 Å². The van der Waals surface area contributed by atoms with E-state index in [9.17, 15) is 0 Å². The first-order valence-corrected chi connectivity index (χ1v) is 7.32. The summed E-state index contributed by atoms with van der Waals surface area (Å²) < 4.78 is 10.7. The van der Waals surface area contributed by atoms with Crippen LogP contribution < -0.4 is 14.8 Å². The summed E-state index contributed by atoms with van der Waals surface area (Å²) in [7, 11) is 3.40. The van der Waals surface area contributed by atoms with Crippen molar-refractivity contribution in [3.8, 4) is 11.5 Å². The molecule has 1 fully saturated rings. The lowest BCUT2D eigenvalue weighted by atomic mass is 10.1. The Kier molecular flexibility index (Phi) is 5.26. The van der Waals surface area contributed by atoms with Crippen LogP contribution in [0.4, 0.5) is 0 Å². The maximum absolute atomic E-state index is 5.41. The molecule has 2 rings (SSSR count). The first kappa shape index (κ1) is 15.1. The lowest BCUT2D eigenvalue weighted by molar-refractivity contribution is 0.268. The maximum Gasteiger partial charge on any atom is 0.123 e. The molecule has 1 atom stereocenters. The highest BCUT2D eigenvalue weighted by Gasteiger charge is 2.23. The predicted octanol–water partition coefficient (Wildman–Crippen LogP) is 2.28. The monoisotopic (exact) mass is 278 g/mol. The molecule has 4 heteroatoms. The van der Waals surface area contributed by atoms with Gasteiger partial charge in [0, 0.05) is 30.7 Å². The molecule has 1 aromatic carbocycles. The molecule has 1 aromatic rings. The van der Waals surface area contributed by atoms with E-state index >= 15 is 0 Å². The summed E-state index contributed by atoms with van der Waals surface area (Å²) in [5.74, 6) is 1.79. The molecule has 0 unspecified atom stereocenters. The zero-order valence-electron chi connectivity index (χ0n) is 13.0. The number of hydrogen-bond acceptors (Lipinski definition) is 4. The topological polar surface area (TPSA) is 33.7 Å². The first-order valence-electron chi connectivity index (χ1n) is 7.32. The number of nitrogens with one attached hydrogen (secondary N) is 1. The third-order valence-corrected chi connectivity index (χ3v) is 4.02. The largest absolute Gasteiger partial charge is 0.497 e. The number of benzene rings is 1. The number of ether oxygens (including phenoxy) is 2. The van der Waals surface area contributed by atoms with Crippen LogP contribution in [0.25, 0.3) is 0 Å². The van der Waals surface area contributed by atoms with E-state index in [1.54, 1.807) is 14.2 Å². The normalized spacial score (nSPS) is 19.6. The van der Waals surface area contributed by atoms with Gasteiger partial charge in [-0.15, -0.1) is 0 Å². The standard InChI is InChI=1S/C16H26N2O2/c1-12(2)18-8-7-14(11-18)17-10-13-9-15(19-3)5-6-16(13)20-4/h5-6,9,12,14,17H,7-8,10-11H2,1-4H3/t14-/m0/s1. The predicted molar refractivity (Wildman–Crippen MR) is 81.5 cm³/mol. The number of rotatable bonds is 6. The van der Waals surface area contributed by atoms with Gasteiger partial charge in [0.15, 0.2) is 0 Å². The molecule has 1 aliphatic heterocycles. The second-order valence-electron chi connectivity index (χ2n) is 5.63. The minimum absolute atomic E-state index is 0.563. The van der Waals surface area contributed by atoms with Gasteiger partial charge in [0.2, 0.25) is 0 Å². The Balaban J connectivity index is 1.93. The van der Waals surface area contributed by atoms with Crippen LogP contribution in [-0.2, 0) is 6.54 Å². The molecule has 0 amide bonds. The molecular formula is C16H26N2O2. The minimum Gasteiger partial charge on any atom is -0.497 e. The molecule has 0 bridgehead atoms. The molecule has 1 heterocycles. The summed E-state index contributed by atoms with van der Waals surface area (Å²) in [5, 5.41) is 3.63. The van der Waals surface area contributed by atoms with Gasteiger partial charge in [-0.2, -0.15) is 0 Å². The summed E-state index contributed by atoms with van der Waals surface area (Å²) in [4.78, 5) is 2.51. The van der Waals surface area contributed by atoms with Crippen molar-refractivity contribution in [2.75, 3.05) is 27.3 Å². The van der Waals surface area contributed by atoms with Gasteiger partial charge < -0.3 is 14.8 Å². The highest BCUT2D eigenvalue weighted by Crippen LogP contribution is 2.24. The van der Waals surface area contributed by atoms with Gasteiger partial charge in [-0.25, -0.2) is 0 Å². The van der Waals surface area contributed by atoms with Gasteiger partial charge >= 0.3 is 0 Å². The molecule has 1 saturated heterocycles. The van der Waals surface area contributed by atoms with Gasteiger partial charge in [0.25, 0.3) is 0 Å². The molecule has 0 aliphatic carbocycles. The molecule has 0 saturated carbocycles. The molecular weight excluding hydrogens is 252 g/mol. The minimum atomic E-state index is 0.563. The van der Waals surface area contributed by atoms with Crippen molar-refractivity contribution in [3.05, 3.63) is 23.8 Å². The smallest absolute Gasteiger partial charge is 0.123 e. The summed E-state index contributed by atoms with van der Waals surface area (Å²) in [6, 6.07) is 7.13. The average molecular weight is 278 g/mol. The molecule has 4 nitrogen and oxygen atoms in total. The quantitative estimate of drug-likeness (QED) is 0.865. The number of hydrogen-bond donors (Lipinski definition) is 1. The summed E-state index contributed by atoms with van der Waals surface area (Å²) >= 11 is 0. The van der Waals surface area contributed by atoms with Gasteiger partial charge in [-0.05, 0) is 45.0 Å². The number of methoxy groups -OCH3 is 2. The highest BCUT2D eigenvalue weighted by molar-refractivity contribution is 5.40. The van der Waals surface area contributed by atoms with E-state index in [1.165, 1.54) is 13.0 Å². The second kappa shape index (κ2) is 6.95. The van der Waals surface area contributed by atoms with E-state index in [1.807, 2.05) is 18.2 Å². The van der Waals surface area contributed by atoms with Crippen molar-refractivity contribution in [1.29, 1.82) is 0 Å². The molecule has 0 radical (unpaired) electrons. The fraction of sp³-hybridized carbons (Fsp3) is 0.625. The highest BCUT2D eigenvalue weighted by atomic mass is 16.5. The van der Waals surface area contributed by atoms with Crippen LogP contribution in [-0.4, -0.2) is 44.3 Å². The van der Waals surface area contributed by atoms with Crippen LogP contribution in [0.5, 0.6) is 11.5 Å². The maximum atomic E-state index is 5.41. The Hall–Kier alpha value is -1.26. The lowest BCUT2D eigenvalue weighted by Gasteiger charge is -2.20. The molecule has 20 heavy (non-hydrogen) atoms. The molecule has 112 valence electrons. The average Bonchev–Trinajstić information content (AvgIpc) is 2.93. The van der Waals surface area contributed by atoms with Crippen LogP contribution in [0.1, 0.15) is 25.8 Å². The Bertz CT molecular complexity index is 434. The second-order valence-corrected chi connectivity index (χ2v) is 5.63. The Morgan fingerprint density at radius 3 is 2.70 bits per heavy atom.